The monoisotopic (exact) mass is 300 g/mol. The zero-order chi connectivity index (χ0) is 15.5. The van der Waals surface area contributed by atoms with E-state index < -0.39 is 6.04 Å². The van der Waals surface area contributed by atoms with Crippen LogP contribution in [-0.4, -0.2) is 39.4 Å². The first-order valence-electron chi connectivity index (χ1n) is 7.11. The molecule has 1 aliphatic heterocycles. The maximum absolute atomic E-state index is 12.6. The van der Waals surface area contributed by atoms with Crippen molar-refractivity contribution in [3.63, 3.8) is 0 Å². The summed E-state index contributed by atoms with van der Waals surface area (Å²) >= 11 is 0. The molecule has 3 rings (SSSR count). The van der Waals surface area contributed by atoms with Gasteiger partial charge in [0.2, 0.25) is 5.78 Å². The molecule has 0 fully saturated rings. The quantitative estimate of drug-likeness (QED) is 0.669. The van der Waals surface area contributed by atoms with Gasteiger partial charge >= 0.3 is 5.97 Å². The number of hydrogen-bond donors (Lipinski definition) is 1. The molecule has 2 aromatic heterocycles. The van der Waals surface area contributed by atoms with Gasteiger partial charge in [0.25, 0.3) is 0 Å². The second-order valence-corrected chi connectivity index (χ2v) is 4.91. The number of ketones is 1. The van der Waals surface area contributed by atoms with Gasteiger partial charge in [-0.05, 0) is 13.0 Å². The van der Waals surface area contributed by atoms with Gasteiger partial charge in [0.1, 0.15) is 11.7 Å². The lowest BCUT2D eigenvalue weighted by atomic mass is 10.0. The van der Waals surface area contributed by atoms with E-state index in [1.807, 2.05) is 4.57 Å². The Kier molecular flexibility index (Phi) is 3.97. The number of aromatic nitrogens is 3. The van der Waals surface area contributed by atoms with Gasteiger partial charge in [-0.1, -0.05) is 0 Å². The minimum Gasteiger partial charge on any atom is -0.462 e. The van der Waals surface area contributed by atoms with Gasteiger partial charge in [0.05, 0.1) is 18.4 Å². The van der Waals surface area contributed by atoms with E-state index in [-0.39, 0.29) is 11.8 Å². The average molecular weight is 300 g/mol. The molecule has 2 aromatic rings. The molecule has 0 radical (unpaired) electrons. The zero-order valence-electron chi connectivity index (χ0n) is 12.2. The van der Waals surface area contributed by atoms with Crippen LogP contribution in [0.25, 0.3) is 0 Å². The first-order valence-corrected chi connectivity index (χ1v) is 7.11. The van der Waals surface area contributed by atoms with E-state index in [4.69, 9.17) is 4.74 Å². The van der Waals surface area contributed by atoms with E-state index in [9.17, 15) is 9.59 Å². The van der Waals surface area contributed by atoms with Crippen LogP contribution in [0.15, 0.2) is 30.9 Å². The molecular weight excluding hydrogens is 284 g/mol. The molecule has 1 N–H and O–H groups in total. The minimum atomic E-state index is -0.534. The van der Waals surface area contributed by atoms with Crippen molar-refractivity contribution in [1.29, 1.82) is 0 Å². The molecule has 0 saturated heterocycles. The van der Waals surface area contributed by atoms with Gasteiger partial charge in [-0.15, -0.1) is 0 Å². The molecule has 0 amide bonds. The van der Waals surface area contributed by atoms with Crippen LogP contribution in [0, 0.1) is 0 Å². The number of rotatable bonds is 4. The van der Waals surface area contributed by atoms with Crippen molar-refractivity contribution in [3.8, 4) is 0 Å². The lowest BCUT2D eigenvalue weighted by Crippen LogP contribution is -2.37. The fourth-order valence-corrected chi connectivity index (χ4v) is 2.53. The van der Waals surface area contributed by atoms with E-state index in [0.29, 0.717) is 31.0 Å². The summed E-state index contributed by atoms with van der Waals surface area (Å²) in [6.45, 7) is 3.41. The number of hydrogen-bond acceptors (Lipinski definition) is 6. The van der Waals surface area contributed by atoms with Crippen molar-refractivity contribution >= 4 is 11.8 Å². The maximum atomic E-state index is 12.6. The Hall–Kier alpha value is -2.54. The van der Waals surface area contributed by atoms with Gasteiger partial charge < -0.3 is 14.6 Å². The summed E-state index contributed by atoms with van der Waals surface area (Å²) in [6, 6.07) is 1.16. The molecular formula is C15H16N4O3. The van der Waals surface area contributed by atoms with Crippen molar-refractivity contribution in [2.24, 2.45) is 0 Å². The smallest absolute Gasteiger partial charge is 0.339 e. The Morgan fingerprint density at radius 3 is 3.05 bits per heavy atom. The van der Waals surface area contributed by atoms with Gasteiger partial charge in [-0.2, -0.15) is 0 Å². The third-order valence-electron chi connectivity index (χ3n) is 3.52. The van der Waals surface area contributed by atoms with Crippen molar-refractivity contribution in [2.75, 3.05) is 13.2 Å². The highest BCUT2D eigenvalue weighted by Gasteiger charge is 2.30. The minimum absolute atomic E-state index is 0.164. The molecule has 3 heterocycles. The fourth-order valence-electron chi connectivity index (χ4n) is 2.53. The SMILES string of the molecule is CCOC(=O)c1cc2n(c1)CCNC2C(=O)c1cnccn1. The topological polar surface area (TPSA) is 86.1 Å². The predicted octanol–water partition coefficient (Wildman–Crippen LogP) is 0.982. The van der Waals surface area contributed by atoms with Crippen molar-refractivity contribution in [2.45, 2.75) is 19.5 Å². The van der Waals surface area contributed by atoms with Crippen LogP contribution in [0.3, 0.4) is 0 Å². The van der Waals surface area contributed by atoms with E-state index in [1.165, 1.54) is 18.6 Å². The highest BCUT2D eigenvalue weighted by atomic mass is 16.5. The molecule has 0 aromatic carbocycles. The van der Waals surface area contributed by atoms with Gasteiger partial charge in [0, 0.05) is 37.4 Å². The van der Waals surface area contributed by atoms with Crippen LogP contribution >= 0.6 is 0 Å². The molecule has 1 aliphatic rings. The third kappa shape index (κ3) is 2.62. The first kappa shape index (κ1) is 14.4. The molecule has 0 aliphatic carbocycles. The van der Waals surface area contributed by atoms with Gasteiger partial charge in [-0.25, -0.2) is 9.78 Å². The molecule has 114 valence electrons. The molecule has 0 bridgehead atoms. The van der Waals surface area contributed by atoms with Gasteiger partial charge in [0.15, 0.2) is 0 Å². The third-order valence-corrected chi connectivity index (χ3v) is 3.52. The van der Waals surface area contributed by atoms with Crippen LogP contribution in [-0.2, 0) is 11.3 Å². The van der Waals surface area contributed by atoms with E-state index >= 15 is 0 Å². The maximum Gasteiger partial charge on any atom is 0.339 e. The second-order valence-electron chi connectivity index (χ2n) is 4.91. The Morgan fingerprint density at radius 2 is 2.32 bits per heavy atom. The largest absolute Gasteiger partial charge is 0.462 e. The summed E-state index contributed by atoms with van der Waals surface area (Å²) in [7, 11) is 0. The summed E-state index contributed by atoms with van der Waals surface area (Å²) < 4.78 is 6.91. The number of esters is 1. The molecule has 7 nitrogen and oxygen atoms in total. The molecule has 1 unspecified atom stereocenters. The van der Waals surface area contributed by atoms with E-state index in [0.717, 1.165) is 5.69 Å². The number of carbonyl (C=O) groups is 2. The Bertz CT molecular complexity index is 696. The van der Waals surface area contributed by atoms with Crippen LogP contribution in [0.2, 0.25) is 0 Å². The number of carbonyl (C=O) groups excluding carboxylic acids is 2. The second kappa shape index (κ2) is 6.07. The molecule has 0 spiro atoms. The Morgan fingerprint density at radius 1 is 1.45 bits per heavy atom. The summed E-state index contributed by atoms with van der Waals surface area (Å²) in [5, 5.41) is 3.17. The molecule has 1 atom stereocenters. The molecule has 22 heavy (non-hydrogen) atoms. The predicted molar refractivity (Wildman–Crippen MR) is 77.5 cm³/mol. The highest BCUT2D eigenvalue weighted by molar-refractivity contribution is 5.99. The van der Waals surface area contributed by atoms with Crippen LogP contribution in [0.1, 0.15) is 39.5 Å². The van der Waals surface area contributed by atoms with Crippen LogP contribution in [0.5, 0.6) is 0 Å². The standard InChI is InChI=1S/C15H16N4O3/c1-2-22-15(21)10-7-12-13(18-5-6-19(12)9-10)14(20)11-8-16-3-4-17-11/h3-4,7-9,13,18H,2,5-6H2,1H3. The number of fused-ring (bicyclic) bond motifs is 1. The van der Waals surface area contributed by atoms with Crippen LogP contribution < -0.4 is 5.32 Å². The summed E-state index contributed by atoms with van der Waals surface area (Å²) in [5.41, 5.74) is 1.50. The zero-order valence-corrected chi connectivity index (χ0v) is 12.2. The van der Waals surface area contributed by atoms with Gasteiger partial charge in [-0.3, -0.25) is 9.78 Å². The highest BCUT2D eigenvalue weighted by Crippen LogP contribution is 2.23. The summed E-state index contributed by atoms with van der Waals surface area (Å²) in [4.78, 5) is 32.4. The Labute approximate surface area is 127 Å². The van der Waals surface area contributed by atoms with Crippen molar-refractivity contribution in [3.05, 3.63) is 47.8 Å². The van der Waals surface area contributed by atoms with E-state index in [1.54, 1.807) is 19.2 Å². The number of nitrogens with one attached hydrogen (secondary N) is 1. The molecule has 0 saturated carbocycles. The number of Topliss-reactive ketones (excluding diaryl/α,β-unsaturated/α-hetero) is 1. The number of nitrogens with zero attached hydrogens (tertiary/aromatic N) is 3. The summed E-state index contributed by atoms with van der Waals surface area (Å²) in [6.07, 6.45) is 6.18. The first-order chi connectivity index (χ1) is 10.7. The van der Waals surface area contributed by atoms with Crippen LogP contribution in [0.4, 0.5) is 0 Å². The average Bonchev–Trinajstić information content (AvgIpc) is 2.99. The fraction of sp³-hybridized carbons (Fsp3) is 0.333. The number of ether oxygens (including phenoxy) is 1. The summed E-state index contributed by atoms with van der Waals surface area (Å²) in [5.74, 6) is -0.544. The van der Waals surface area contributed by atoms with Crippen molar-refractivity contribution < 1.29 is 14.3 Å². The van der Waals surface area contributed by atoms with E-state index in [2.05, 4.69) is 15.3 Å². The lowest BCUT2D eigenvalue weighted by molar-refractivity contribution is 0.0526. The van der Waals surface area contributed by atoms with Crippen molar-refractivity contribution in [1.82, 2.24) is 19.9 Å². The Balaban J connectivity index is 1.91. The molecule has 7 heteroatoms. The normalized spacial score (nSPS) is 16.9. The lowest BCUT2D eigenvalue weighted by Gasteiger charge is -2.24.